The van der Waals surface area contributed by atoms with Crippen LogP contribution in [0.25, 0.3) is 0 Å². The summed E-state index contributed by atoms with van der Waals surface area (Å²) in [5.41, 5.74) is 6.10. The Labute approximate surface area is 297 Å². The van der Waals surface area contributed by atoms with Gasteiger partial charge in [0.15, 0.2) is 0 Å². The number of aromatic nitrogens is 2. The first-order chi connectivity index (χ1) is 24.7. The van der Waals surface area contributed by atoms with Crippen molar-refractivity contribution < 1.29 is 38.1 Å². The van der Waals surface area contributed by atoms with Crippen LogP contribution in [0.1, 0.15) is 91.1 Å². The van der Waals surface area contributed by atoms with Crippen molar-refractivity contribution >= 4 is 23.9 Å². The summed E-state index contributed by atoms with van der Waals surface area (Å²) in [5.74, 6) is -2.84. The van der Waals surface area contributed by atoms with E-state index in [1.807, 2.05) is 105 Å². The van der Waals surface area contributed by atoms with E-state index < -0.39 is 29.8 Å². The van der Waals surface area contributed by atoms with E-state index in [0.29, 0.717) is 33.6 Å². The quantitative estimate of drug-likeness (QED) is 0.0880. The Morgan fingerprint density at radius 1 is 0.549 bits per heavy atom. The molecular formula is C41H42N2O8. The number of H-pyrrole nitrogens is 2. The van der Waals surface area contributed by atoms with Crippen molar-refractivity contribution in [1.29, 1.82) is 0 Å². The second-order valence-electron chi connectivity index (χ2n) is 12.0. The van der Waals surface area contributed by atoms with Gasteiger partial charge in [0.25, 0.3) is 0 Å². The summed E-state index contributed by atoms with van der Waals surface area (Å²) in [4.78, 5) is 59.7. The molecule has 0 fully saturated rings. The van der Waals surface area contributed by atoms with E-state index in [1.54, 1.807) is 13.8 Å². The molecule has 0 aliphatic carbocycles. The average molecular weight is 691 g/mol. The van der Waals surface area contributed by atoms with Crippen LogP contribution in [0.5, 0.6) is 0 Å². The molecule has 10 nitrogen and oxygen atoms in total. The minimum Gasteiger partial charge on any atom is -0.466 e. The van der Waals surface area contributed by atoms with E-state index in [2.05, 4.69) is 9.97 Å². The Bertz CT molecular complexity index is 1840. The highest BCUT2D eigenvalue weighted by Gasteiger charge is 2.33. The van der Waals surface area contributed by atoms with Crippen molar-refractivity contribution in [3.8, 4) is 0 Å². The third kappa shape index (κ3) is 8.83. The van der Waals surface area contributed by atoms with Crippen LogP contribution in [0.3, 0.4) is 0 Å². The summed E-state index contributed by atoms with van der Waals surface area (Å²) in [7, 11) is 0. The fraction of sp³-hybridized carbons (Fsp3) is 0.268. The number of hydrogen-bond acceptors (Lipinski definition) is 8. The van der Waals surface area contributed by atoms with Crippen LogP contribution in [0.15, 0.2) is 91.0 Å². The number of aromatic amines is 2. The molecule has 5 rings (SSSR count). The number of carbonyl (C=O) groups is 4. The van der Waals surface area contributed by atoms with Gasteiger partial charge in [-0.1, -0.05) is 91.0 Å². The number of ether oxygens (including phenoxy) is 4. The molecule has 0 saturated heterocycles. The number of benzene rings is 3. The van der Waals surface area contributed by atoms with Crippen LogP contribution in [-0.2, 0) is 54.6 Å². The Morgan fingerprint density at radius 2 is 0.922 bits per heavy atom. The zero-order chi connectivity index (χ0) is 36.3. The van der Waals surface area contributed by atoms with Gasteiger partial charge in [-0.05, 0) is 66.6 Å². The van der Waals surface area contributed by atoms with Crippen LogP contribution >= 0.6 is 0 Å². The maximum absolute atomic E-state index is 13.7. The minimum atomic E-state index is -0.629. The maximum Gasteiger partial charge on any atom is 0.355 e. The number of esters is 4. The van der Waals surface area contributed by atoms with Gasteiger partial charge in [0.05, 0.1) is 32.0 Å². The SMILES string of the molecule is CCOC(=O)Cc1c(C(=O)OCc2ccccc2)[nH]c(C(c2ccccc2)c2[nH]c(C(=O)OCc3ccccc3)c(CC(=O)OCC)c2C)c1C. The molecule has 0 amide bonds. The molecule has 0 bridgehead atoms. The van der Waals surface area contributed by atoms with Gasteiger partial charge in [0.2, 0.25) is 0 Å². The van der Waals surface area contributed by atoms with Gasteiger partial charge < -0.3 is 28.9 Å². The molecule has 264 valence electrons. The smallest absolute Gasteiger partial charge is 0.355 e. The summed E-state index contributed by atoms with van der Waals surface area (Å²) in [6, 6.07) is 28.1. The Kier molecular flexibility index (Phi) is 12.2. The largest absolute Gasteiger partial charge is 0.466 e. The molecular weight excluding hydrogens is 648 g/mol. The number of carbonyl (C=O) groups excluding carboxylic acids is 4. The lowest BCUT2D eigenvalue weighted by molar-refractivity contribution is -0.143. The summed E-state index contributed by atoms with van der Waals surface area (Å²) >= 11 is 0. The van der Waals surface area contributed by atoms with E-state index in [9.17, 15) is 19.2 Å². The van der Waals surface area contributed by atoms with Crippen LogP contribution in [0.2, 0.25) is 0 Å². The fourth-order valence-electron chi connectivity index (χ4n) is 6.10. The lowest BCUT2D eigenvalue weighted by Gasteiger charge is -2.19. The van der Waals surface area contributed by atoms with Crippen molar-refractivity contribution in [3.05, 3.63) is 153 Å². The van der Waals surface area contributed by atoms with Crippen LogP contribution < -0.4 is 0 Å². The van der Waals surface area contributed by atoms with Crippen molar-refractivity contribution in [2.24, 2.45) is 0 Å². The second-order valence-corrected chi connectivity index (χ2v) is 12.0. The molecule has 10 heteroatoms. The van der Waals surface area contributed by atoms with Gasteiger partial charge in [-0.25, -0.2) is 9.59 Å². The molecule has 2 heterocycles. The summed E-state index contributed by atoms with van der Waals surface area (Å²) in [5, 5.41) is 0. The standard InChI is InChI=1S/C41H42N2O8/c1-5-48-33(44)22-31-26(3)36(42-38(31)40(46)50-24-28-16-10-7-11-17-28)35(30-20-14-9-15-21-30)37-27(4)32(23-34(45)49-6-2)39(43-37)41(47)51-25-29-18-12-8-13-19-29/h7-21,35,42-43H,5-6,22-25H2,1-4H3. The maximum atomic E-state index is 13.7. The average Bonchev–Trinajstić information content (AvgIpc) is 3.63. The highest BCUT2D eigenvalue weighted by Crippen LogP contribution is 2.39. The molecule has 0 atom stereocenters. The third-order valence-electron chi connectivity index (χ3n) is 8.63. The molecule has 0 aliphatic rings. The molecule has 0 saturated carbocycles. The highest BCUT2D eigenvalue weighted by atomic mass is 16.5. The molecule has 5 aromatic rings. The predicted octanol–water partition coefficient (Wildman–Crippen LogP) is 7.07. The lowest BCUT2D eigenvalue weighted by Crippen LogP contribution is -2.13. The fourth-order valence-corrected chi connectivity index (χ4v) is 6.10. The van der Waals surface area contributed by atoms with Gasteiger partial charge in [0.1, 0.15) is 24.6 Å². The zero-order valence-corrected chi connectivity index (χ0v) is 29.2. The summed E-state index contributed by atoms with van der Waals surface area (Å²) in [6.45, 7) is 7.54. The first kappa shape index (κ1) is 36.4. The summed E-state index contributed by atoms with van der Waals surface area (Å²) in [6.07, 6.45) is -0.329. The molecule has 51 heavy (non-hydrogen) atoms. The van der Waals surface area contributed by atoms with Gasteiger partial charge in [-0.15, -0.1) is 0 Å². The van der Waals surface area contributed by atoms with Gasteiger partial charge in [-0.2, -0.15) is 0 Å². The molecule has 0 spiro atoms. The molecule has 2 aromatic heterocycles. The van der Waals surface area contributed by atoms with Gasteiger partial charge in [-0.3, -0.25) is 9.59 Å². The predicted molar refractivity (Wildman–Crippen MR) is 190 cm³/mol. The topological polar surface area (TPSA) is 137 Å². The summed E-state index contributed by atoms with van der Waals surface area (Å²) < 4.78 is 22.0. The molecule has 0 radical (unpaired) electrons. The number of hydrogen-bond donors (Lipinski definition) is 2. The highest BCUT2D eigenvalue weighted by molar-refractivity contribution is 5.93. The lowest BCUT2D eigenvalue weighted by atomic mass is 9.87. The molecule has 3 aromatic carbocycles. The third-order valence-corrected chi connectivity index (χ3v) is 8.63. The van der Waals surface area contributed by atoms with Crippen molar-refractivity contribution in [3.63, 3.8) is 0 Å². The molecule has 0 aliphatic heterocycles. The van der Waals surface area contributed by atoms with E-state index in [4.69, 9.17) is 18.9 Å². The zero-order valence-electron chi connectivity index (χ0n) is 29.2. The number of rotatable bonds is 15. The Balaban J connectivity index is 1.62. The first-order valence-electron chi connectivity index (χ1n) is 16.9. The van der Waals surface area contributed by atoms with Gasteiger partial charge in [0, 0.05) is 11.4 Å². The van der Waals surface area contributed by atoms with E-state index >= 15 is 0 Å². The number of nitrogens with one attached hydrogen (secondary N) is 2. The Morgan fingerprint density at radius 3 is 1.29 bits per heavy atom. The molecule has 0 unspecified atom stereocenters. The normalized spacial score (nSPS) is 10.9. The monoisotopic (exact) mass is 690 g/mol. The van der Waals surface area contributed by atoms with Crippen molar-refractivity contribution in [2.45, 2.75) is 59.7 Å². The van der Waals surface area contributed by atoms with E-state index in [0.717, 1.165) is 16.7 Å². The van der Waals surface area contributed by atoms with E-state index in [-0.39, 0.29) is 50.7 Å². The van der Waals surface area contributed by atoms with Crippen LogP contribution in [-0.4, -0.2) is 47.1 Å². The molecule has 2 N–H and O–H groups in total. The second kappa shape index (κ2) is 17.2. The van der Waals surface area contributed by atoms with Crippen LogP contribution in [0, 0.1) is 13.8 Å². The van der Waals surface area contributed by atoms with Crippen molar-refractivity contribution in [1.82, 2.24) is 9.97 Å². The van der Waals surface area contributed by atoms with E-state index in [1.165, 1.54) is 0 Å². The minimum absolute atomic E-state index is 0.0371. The van der Waals surface area contributed by atoms with Gasteiger partial charge >= 0.3 is 23.9 Å². The first-order valence-corrected chi connectivity index (χ1v) is 16.9. The Hall–Kier alpha value is -5.90. The van der Waals surface area contributed by atoms with Crippen LogP contribution in [0.4, 0.5) is 0 Å². The van der Waals surface area contributed by atoms with Crippen molar-refractivity contribution in [2.75, 3.05) is 13.2 Å².